The monoisotopic (exact) mass is 745 g/mol. The van der Waals surface area contributed by atoms with Gasteiger partial charge in [-0.05, 0) is 154 Å². The fourth-order valence-electron chi connectivity index (χ4n) is 13.4. The molecule has 7 aromatic rings. The van der Waals surface area contributed by atoms with Crippen molar-refractivity contribution in [2.75, 3.05) is 4.90 Å². The number of thiophene rings is 1. The van der Waals surface area contributed by atoms with Crippen molar-refractivity contribution >= 4 is 48.6 Å². The first-order valence-electron chi connectivity index (χ1n) is 21.4. The number of nitrogens with zero attached hydrogens (tertiary/aromatic N) is 1. The molecule has 0 radical (unpaired) electrons. The molecular weight excluding hydrogens is 695 g/mol. The zero-order chi connectivity index (χ0) is 37.6. The topological polar surface area (TPSA) is 3.24 Å². The van der Waals surface area contributed by atoms with E-state index < -0.39 is 0 Å². The van der Waals surface area contributed by atoms with Crippen molar-refractivity contribution < 1.29 is 0 Å². The van der Waals surface area contributed by atoms with Gasteiger partial charge in [-0.1, -0.05) is 125 Å². The van der Waals surface area contributed by atoms with Gasteiger partial charge in [0.05, 0.1) is 16.1 Å². The van der Waals surface area contributed by atoms with E-state index in [1.807, 2.05) is 11.3 Å². The van der Waals surface area contributed by atoms with Gasteiger partial charge in [0.15, 0.2) is 0 Å². The number of rotatable bonds is 4. The summed E-state index contributed by atoms with van der Waals surface area (Å²) in [4.78, 5) is 2.61. The lowest BCUT2D eigenvalue weighted by Crippen LogP contribution is -2.55. The van der Waals surface area contributed by atoms with Crippen LogP contribution in [0, 0.1) is 23.7 Å². The molecule has 0 N–H and O–H groups in total. The van der Waals surface area contributed by atoms with E-state index in [0.717, 1.165) is 23.7 Å². The van der Waals surface area contributed by atoms with Gasteiger partial charge in [0.25, 0.3) is 0 Å². The van der Waals surface area contributed by atoms with Crippen molar-refractivity contribution in [2.45, 2.75) is 88.9 Å². The largest absolute Gasteiger partial charge is 0.309 e. The maximum Gasteiger partial charge on any atom is 0.0640 e. The van der Waals surface area contributed by atoms with Crippen LogP contribution >= 0.6 is 11.3 Å². The predicted octanol–water partition coefficient (Wildman–Crippen LogP) is 15.3. The van der Waals surface area contributed by atoms with Gasteiger partial charge < -0.3 is 4.90 Å². The maximum absolute atomic E-state index is 2.61. The zero-order valence-corrected chi connectivity index (χ0v) is 34.1. The molecule has 0 unspecified atom stereocenters. The predicted molar refractivity (Wildman–Crippen MR) is 238 cm³/mol. The molecule has 1 aromatic heterocycles. The van der Waals surface area contributed by atoms with Crippen LogP contribution in [-0.2, 0) is 16.2 Å². The molecule has 1 nitrogen and oxygen atoms in total. The number of hydrogen-bond acceptors (Lipinski definition) is 2. The van der Waals surface area contributed by atoms with E-state index in [-0.39, 0.29) is 16.2 Å². The molecule has 6 aliphatic carbocycles. The van der Waals surface area contributed by atoms with E-state index >= 15 is 0 Å². The van der Waals surface area contributed by atoms with Crippen LogP contribution in [0.3, 0.4) is 0 Å². The highest BCUT2D eigenvalue weighted by molar-refractivity contribution is 7.26. The van der Waals surface area contributed by atoms with E-state index in [4.69, 9.17) is 0 Å². The summed E-state index contributed by atoms with van der Waals surface area (Å²) >= 11 is 1.93. The van der Waals surface area contributed by atoms with Crippen molar-refractivity contribution in [3.8, 4) is 22.3 Å². The Labute approximate surface area is 336 Å². The minimum absolute atomic E-state index is 0.0551. The van der Waals surface area contributed by atoms with Crippen LogP contribution in [-0.4, -0.2) is 0 Å². The molecule has 6 aliphatic rings. The molecule has 1 spiro atoms. The van der Waals surface area contributed by atoms with Gasteiger partial charge in [0.1, 0.15) is 0 Å². The number of fused-ring (bicyclic) bond motifs is 7. The Morgan fingerprint density at radius 2 is 1.12 bits per heavy atom. The Hall–Kier alpha value is -4.66. The third-order valence-corrected chi connectivity index (χ3v) is 16.9. The lowest BCUT2D eigenvalue weighted by atomic mass is 9.43. The molecular formula is C54H51NS. The third-order valence-electron chi connectivity index (χ3n) is 15.7. The van der Waals surface area contributed by atoms with Crippen LogP contribution in [0.2, 0.25) is 0 Å². The lowest BCUT2D eigenvalue weighted by molar-refractivity contribution is -0.0399. The van der Waals surface area contributed by atoms with Crippen molar-refractivity contribution in [2.24, 2.45) is 23.7 Å². The van der Waals surface area contributed by atoms with Gasteiger partial charge in [-0.15, -0.1) is 11.3 Å². The molecule has 6 aromatic carbocycles. The van der Waals surface area contributed by atoms with Gasteiger partial charge in [0.2, 0.25) is 0 Å². The first-order chi connectivity index (χ1) is 27.2. The number of hydrogen-bond donors (Lipinski definition) is 0. The van der Waals surface area contributed by atoms with E-state index in [1.165, 1.54) is 116 Å². The fourth-order valence-corrected chi connectivity index (χ4v) is 14.6. The minimum Gasteiger partial charge on any atom is -0.309 e. The fraction of sp³-hybridized carbons (Fsp3) is 0.333. The van der Waals surface area contributed by atoms with E-state index in [9.17, 15) is 0 Å². The lowest BCUT2D eigenvalue weighted by Gasteiger charge is -2.61. The van der Waals surface area contributed by atoms with Crippen LogP contribution < -0.4 is 4.90 Å². The Bertz CT molecular complexity index is 2700. The summed E-state index contributed by atoms with van der Waals surface area (Å²) in [7, 11) is 0. The van der Waals surface area contributed by atoms with Crippen LogP contribution in [0.4, 0.5) is 17.1 Å². The average Bonchev–Trinajstić information content (AvgIpc) is 3.74. The van der Waals surface area contributed by atoms with Gasteiger partial charge in [-0.25, -0.2) is 0 Å². The smallest absolute Gasteiger partial charge is 0.0640 e. The molecule has 0 saturated heterocycles. The Kier molecular flexibility index (Phi) is 6.99. The molecule has 4 bridgehead atoms. The van der Waals surface area contributed by atoms with Crippen molar-refractivity contribution in [3.05, 3.63) is 150 Å². The summed E-state index contributed by atoms with van der Waals surface area (Å²) in [5.74, 6) is 3.44. The van der Waals surface area contributed by atoms with Crippen LogP contribution in [0.5, 0.6) is 0 Å². The van der Waals surface area contributed by atoms with Gasteiger partial charge >= 0.3 is 0 Å². The second kappa shape index (κ2) is 11.7. The summed E-state index contributed by atoms with van der Waals surface area (Å²) in [6, 6.07) is 49.6. The molecule has 0 amide bonds. The molecule has 13 rings (SSSR count). The van der Waals surface area contributed by atoms with Crippen molar-refractivity contribution in [1.29, 1.82) is 0 Å². The highest BCUT2D eigenvalue weighted by Gasteiger charge is 2.61. The van der Waals surface area contributed by atoms with Crippen LogP contribution in [0.25, 0.3) is 42.4 Å². The molecule has 4 fully saturated rings. The summed E-state index contributed by atoms with van der Waals surface area (Å²) in [6.07, 6.45) is 9.52. The molecule has 0 aliphatic heterocycles. The summed E-state index contributed by atoms with van der Waals surface area (Å²) in [5, 5.41) is 2.68. The average molecular weight is 746 g/mol. The number of benzene rings is 6. The third kappa shape index (κ3) is 4.48. The normalized spacial score (nSPS) is 26.1. The molecule has 4 saturated carbocycles. The highest BCUT2D eigenvalue weighted by Crippen LogP contribution is 2.70. The molecule has 2 heteroatoms. The SMILES string of the molecule is CC1(C)CCC(C)(C)c2c(N(c3ccc(-c4cccc5c4-c4ccccc4C54C5CC6CC(C5)CC4C6)cc3)c3cccc4c3sc3ccccc34)cccc21. The minimum atomic E-state index is 0.0551. The van der Waals surface area contributed by atoms with E-state index in [2.05, 4.69) is 160 Å². The quantitative estimate of drug-likeness (QED) is 0.173. The van der Waals surface area contributed by atoms with Crippen molar-refractivity contribution in [1.82, 2.24) is 0 Å². The van der Waals surface area contributed by atoms with Gasteiger partial charge in [-0.2, -0.15) is 0 Å². The van der Waals surface area contributed by atoms with E-state index in [1.54, 1.807) is 11.1 Å². The molecule has 0 atom stereocenters. The summed E-state index contributed by atoms with van der Waals surface area (Å²) < 4.78 is 2.69. The number of anilines is 3. The van der Waals surface area contributed by atoms with E-state index in [0.29, 0.717) is 0 Å². The van der Waals surface area contributed by atoms with Crippen LogP contribution in [0.15, 0.2) is 127 Å². The maximum atomic E-state index is 2.61. The molecule has 56 heavy (non-hydrogen) atoms. The Balaban J connectivity index is 1.05. The Morgan fingerprint density at radius 3 is 1.93 bits per heavy atom. The standard InChI is InChI=1S/C54H51NS/c1-52(2)26-27-53(3,4)50-45(52)18-11-19-46(50)55(47-20-10-15-41-40-12-6-8-21-48(40)56-51(41)47)38-24-22-35(23-25-38)39-14-9-17-44-49(39)42-13-5-7-16-43(42)54(44)36-29-33-28-34(31-36)32-37(54)30-33/h5-25,33-34,36-37H,26-32H2,1-4H3. The van der Waals surface area contributed by atoms with Gasteiger partial charge in [-0.3, -0.25) is 0 Å². The zero-order valence-electron chi connectivity index (χ0n) is 33.2. The first-order valence-corrected chi connectivity index (χ1v) is 22.2. The highest BCUT2D eigenvalue weighted by atomic mass is 32.1. The van der Waals surface area contributed by atoms with Gasteiger partial charge in [0, 0.05) is 26.6 Å². The van der Waals surface area contributed by atoms with Crippen molar-refractivity contribution in [3.63, 3.8) is 0 Å². The second-order valence-corrected chi connectivity index (χ2v) is 20.6. The first kappa shape index (κ1) is 33.5. The molecule has 278 valence electrons. The van der Waals surface area contributed by atoms with Crippen LogP contribution in [0.1, 0.15) is 94.9 Å². The summed E-state index contributed by atoms with van der Waals surface area (Å²) in [5.41, 5.74) is 16.1. The molecule has 1 heterocycles. The summed E-state index contributed by atoms with van der Waals surface area (Å²) in [6.45, 7) is 9.83. The Morgan fingerprint density at radius 1 is 0.518 bits per heavy atom. The second-order valence-electron chi connectivity index (χ2n) is 19.5.